The van der Waals surface area contributed by atoms with E-state index >= 15 is 0 Å². The van der Waals surface area contributed by atoms with Gasteiger partial charge in [-0.05, 0) is 25.8 Å². The Morgan fingerprint density at radius 1 is 1.08 bits per heavy atom. The third kappa shape index (κ3) is 4.04. The van der Waals surface area contributed by atoms with Crippen LogP contribution in [0.25, 0.3) is 0 Å². The summed E-state index contributed by atoms with van der Waals surface area (Å²) in [6, 6.07) is 0. The Balaban J connectivity index is 1.91. The van der Waals surface area contributed by atoms with Crippen LogP contribution in [-0.2, 0) is 9.84 Å². The number of ether oxygens (including phenoxy) is 1. The maximum absolute atomic E-state index is 10.1. The van der Waals surface area contributed by atoms with Crippen LogP contribution in [0.15, 0.2) is 0 Å². The summed E-state index contributed by atoms with van der Waals surface area (Å²) in [6.45, 7) is 5.12. The zero-order valence-corrected chi connectivity index (χ0v) is 7.63. The van der Waals surface area contributed by atoms with Crippen LogP contribution in [0.3, 0.4) is 0 Å². The summed E-state index contributed by atoms with van der Waals surface area (Å²) in [4.78, 5) is 2.41. The second-order valence-corrected chi connectivity index (χ2v) is 3.22. The average Bonchev–Trinajstić information content (AvgIpc) is 2.14. The largest absolute Gasteiger partial charge is 0.379 e. The van der Waals surface area contributed by atoms with E-state index in [1.165, 1.54) is 6.42 Å². The highest BCUT2D eigenvalue weighted by Gasteiger charge is 2.08. The monoisotopic (exact) mass is 172 g/mol. The maximum Gasteiger partial charge on any atom is 0.0822 e. The third-order valence-electron chi connectivity index (χ3n) is 2.22. The molecule has 1 heterocycles. The number of morpholine rings is 1. The number of hydrogen-bond donors (Lipinski definition) is 0. The van der Waals surface area contributed by atoms with E-state index in [1.54, 1.807) is 0 Å². The van der Waals surface area contributed by atoms with Gasteiger partial charge in [0.2, 0.25) is 0 Å². The molecule has 0 N–H and O–H groups in total. The lowest BCUT2D eigenvalue weighted by molar-refractivity contribution is 0.0368. The Kier molecular flexibility index (Phi) is 5.32. The second-order valence-electron chi connectivity index (χ2n) is 3.22. The number of rotatable bonds is 5. The topological polar surface area (TPSA) is 32.4 Å². The summed E-state index contributed by atoms with van der Waals surface area (Å²) in [5.41, 5.74) is 0. The molecule has 0 aromatic rings. The minimum atomic E-state index is 0.0864. The van der Waals surface area contributed by atoms with Crippen molar-refractivity contribution in [3.63, 3.8) is 0 Å². The van der Waals surface area contributed by atoms with E-state index in [1.807, 2.05) is 0 Å². The molecule has 0 bridgehead atoms. The third-order valence-corrected chi connectivity index (χ3v) is 2.22. The normalized spacial score (nSPS) is 19.8. The minimum Gasteiger partial charge on any atom is -0.379 e. The van der Waals surface area contributed by atoms with Crippen LogP contribution in [0.1, 0.15) is 19.3 Å². The summed E-state index contributed by atoms with van der Waals surface area (Å²) >= 11 is 0. The molecular formula is C9H18NO2. The molecule has 0 unspecified atom stereocenters. The Hall–Kier alpha value is -0.120. The highest BCUT2D eigenvalue weighted by Crippen LogP contribution is 2.01. The predicted octanol–water partition coefficient (Wildman–Crippen LogP) is 0.919. The van der Waals surface area contributed by atoms with Gasteiger partial charge in [0.25, 0.3) is 0 Å². The van der Waals surface area contributed by atoms with E-state index in [4.69, 9.17) is 4.74 Å². The minimum absolute atomic E-state index is 0.0864. The van der Waals surface area contributed by atoms with E-state index in [0.29, 0.717) is 0 Å². The van der Waals surface area contributed by atoms with Crippen molar-refractivity contribution in [1.29, 1.82) is 0 Å². The van der Waals surface area contributed by atoms with Gasteiger partial charge in [0.05, 0.1) is 19.8 Å². The summed E-state index contributed by atoms with van der Waals surface area (Å²) in [6.07, 6.45) is 3.09. The fraction of sp³-hybridized carbons (Fsp3) is 1.00. The molecular weight excluding hydrogens is 154 g/mol. The van der Waals surface area contributed by atoms with E-state index in [9.17, 15) is 5.11 Å². The van der Waals surface area contributed by atoms with Crippen LogP contribution in [0.5, 0.6) is 0 Å². The molecule has 0 spiro atoms. The molecule has 0 aliphatic carbocycles. The number of nitrogens with zero attached hydrogens (tertiary/aromatic N) is 1. The lowest BCUT2D eigenvalue weighted by Crippen LogP contribution is -2.36. The molecule has 12 heavy (non-hydrogen) atoms. The highest BCUT2D eigenvalue weighted by molar-refractivity contribution is 4.61. The summed E-state index contributed by atoms with van der Waals surface area (Å²) < 4.78 is 5.24. The van der Waals surface area contributed by atoms with E-state index in [2.05, 4.69) is 4.90 Å². The van der Waals surface area contributed by atoms with Gasteiger partial charge in [-0.3, -0.25) is 4.90 Å². The molecule has 1 radical (unpaired) electrons. The molecule has 71 valence electrons. The van der Waals surface area contributed by atoms with Crippen molar-refractivity contribution in [2.75, 3.05) is 39.5 Å². The molecule has 1 aliphatic heterocycles. The molecule has 1 fully saturated rings. The van der Waals surface area contributed by atoms with Crippen molar-refractivity contribution >= 4 is 0 Å². The molecule has 0 atom stereocenters. The van der Waals surface area contributed by atoms with Crippen LogP contribution >= 0.6 is 0 Å². The molecule has 1 rings (SSSR count). The van der Waals surface area contributed by atoms with Crippen molar-refractivity contribution in [3.8, 4) is 0 Å². The number of unbranched alkanes of at least 4 members (excludes halogenated alkanes) is 2. The van der Waals surface area contributed by atoms with Gasteiger partial charge in [0.15, 0.2) is 0 Å². The van der Waals surface area contributed by atoms with Gasteiger partial charge < -0.3 is 4.74 Å². The zero-order valence-electron chi connectivity index (χ0n) is 7.63. The van der Waals surface area contributed by atoms with Crippen molar-refractivity contribution in [2.45, 2.75) is 19.3 Å². The van der Waals surface area contributed by atoms with Gasteiger partial charge in [-0.1, -0.05) is 0 Å². The van der Waals surface area contributed by atoms with Crippen molar-refractivity contribution < 1.29 is 9.84 Å². The Bertz CT molecular complexity index is 103. The van der Waals surface area contributed by atoms with Gasteiger partial charge in [0, 0.05) is 13.1 Å². The molecule has 1 saturated heterocycles. The van der Waals surface area contributed by atoms with Crippen molar-refractivity contribution in [1.82, 2.24) is 4.90 Å². The molecule has 0 saturated carbocycles. The molecule has 3 heteroatoms. The summed E-state index contributed by atoms with van der Waals surface area (Å²) in [5, 5.41) is 10.1. The van der Waals surface area contributed by atoms with E-state index in [0.717, 1.165) is 45.7 Å². The fourth-order valence-corrected chi connectivity index (χ4v) is 1.44. The van der Waals surface area contributed by atoms with Crippen LogP contribution in [0.4, 0.5) is 0 Å². The van der Waals surface area contributed by atoms with Crippen molar-refractivity contribution in [3.05, 3.63) is 0 Å². The molecule has 0 aromatic heterocycles. The standard InChI is InChI=1S/C9H18NO2/c11-7-3-1-2-4-10-5-8-12-9-6-10/h1-9H2. The Labute approximate surface area is 74.3 Å². The first kappa shape index (κ1) is 9.96. The molecule has 1 aliphatic rings. The first-order valence-corrected chi connectivity index (χ1v) is 4.81. The predicted molar refractivity (Wildman–Crippen MR) is 46.7 cm³/mol. The molecule has 3 nitrogen and oxygen atoms in total. The van der Waals surface area contributed by atoms with Gasteiger partial charge in [-0.25, -0.2) is 5.11 Å². The number of hydrogen-bond acceptors (Lipinski definition) is 2. The van der Waals surface area contributed by atoms with E-state index in [-0.39, 0.29) is 6.61 Å². The zero-order chi connectivity index (χ0) is 8.65. The Morgan fingerprint density at radius 2 is 1.83 bits per heavy atom. The van der Waals surface area contributed by atoms with Gasteiger partial charge >= 0.3 is 0 Å². The van der Waals surface area contributed by atoms with Gasteiger partial charge in [-0.15, -0.1) is 0 Å². The quantitative estimate of drug-likeness (QED) is 0.578. The fourth-order valence-electron chi connectivity index (χ4n) is 1.44. The van der Waals surface area contributed by atoms with Crippen LogP contribution in [-0.4, -0.2) is 44.4 Å². The Morgan fingerprint density at radius 3 is 2.50 bits per heavy atom. The first-order valence-electron chi connectivity index (χ1n) is 4.81. The van der Waals surface area contributed by atoms with Crippen LogP contribution in [0.2, 0.25) is 0 Å². The van der Waals surface area contributed by atoms with E-state index < -0.39 is 0 Å². The lowest BCUT2D eigenvalue weighted by Gasteiger charge is -2.26. The SMILES string of the molecule is [O]CCCCCN1CCOCC1. The summed E-state index contributed by atoms with van der Waals surface area (Å²) in [5.74, 6) is 0. The van der Waals surface area contributed by atoms with Crippen molar-refractivity contribution in [2.24, 2.45) is 0 Å². The first-order chi connectivity index (χ1) is 5.93. The smallest absolute Gasteiger partial charge is 0.0822 e. The van der Waals surface area contributed by atoms with Crippen LogP contribution < -0.4 is 0 Å². The van der Waals surface area contributed by atoms with Crippen LogP contribution in [0, 0.1) is 0 Å². The second kappa shape index (κ2) is 6.40. The van der Waals surface area contributed by atoms with Gasteiger partial charge in [-0.2, -0.15) is 0 Å². The van der Waals surface area contributed by atoms with Gasteiger partial charge in [0.1, 0.15) is 0 Å². The molecule has 0 amide bonds. The lowest BCUT2D eigenvalue weighted by atomic mass is 10.2. The summed E-state index contributed by atoms with van der Waals surface area (Å²) in [7, 11) is 0. The maximum atomic E-state index is 10.1. The highest BCUT2D eigenvalue weighted by atomic mass is 16.5. The molecule has 0 aromatic carbocycles. The average molecular weight is 172 g/mol.